The van der Waals surface area contributed by atoms with Gasteiger partial charge in [0, 0.05) is 44.0 Å². The van der Waals surface area contributed by atoms with Crippen molar-refractivity contribution in [1.82, 2.24) is 13.7 Å². The largest absolute Gasteiger partial charge is 0.354 e. The Balaban J connectivity index is 1.54. The number of anilines is 1. The summed E-state index contributed by atoms with van der Waals surface area (Å²) in [5, 5.41) is 0. The van der Waals surface area contributed by atoms with Crippen LogP contribution >= 0.6 is 0 Å². The highest BCUT2D eigenvalue weighted by Crippen LogP contribution is 2.21. The molecule has 0 spiro atoms. The van der Waals surface area contributed by atoms with Crippen LogP contribution in [0.4, 0.5) is 5.82 Å². The van der Waals surface area contributed by atoms with Gasteiger partial charge in [-0.15, -0.1) is 0 Å². The Morgan fingerprint density at radius 1 is 1.00 bits per heavy atom. The molecular weight excluding hydrogens is 392 g/mol. The Morgan fingerprint density at radius 2 is 1.76 bits per heavy atom. The maximum absolute atomic E-state index is 13.0. The van der Waals surface area contributed by atoms with Crippen LogP contribution in [-0.4, -0.2) is 54.1 Å². The fourth-order valence-corrected chi connectivity index (χ4v) is 4.85. The third kappa shape index (κ3) is 3.66. The van der Waals surface area contributed by atoms with Gasteiger partial charge >= 0.3 is 0 Å². The standard InChI is InChI=1S/C20H20N4O4S/c1-15(25)16-5-4-6-17(13-16)29(27,28)23-11-9-22(10-12-23)19-14-20(26)24-8-3-2-7-18(24)21-19/h2-8,13-14H,9-12H2,1H3. The zero-order chi connectivity index (χ0) is 20.6. The fraction of sp³-hybridized carbons (Fsp3) is 0.250. The normalized spacial score (nSPS) is 15.6. The van der Waals surface area contributed by atoms with E-state index in [9.17, 15) is 18.0 Å². The van der Waals surface area contributed by atoms with Crippen LogP contribution in [0.1, 0.15) is 17.3 Å². The number of piperazine rings is 1. The Labute approximate surface area is 168 Å². The molecule has 1 aliphatic rings. The zero-order valence-corrected chi connectivity index (χ0v) is 16.7. The van der Waals surface area contributed by atoms with Crippen molar-refractivity contribution >= 4 is 27.3 Å². The lowest BCUT2D eigenvalue weighted by Gasteiger charge is -2.34. The molecule has 0 bridgehead atoms. The number of pyridine rings is 1. The topological polar surface area (TPSA) is 92.1 Å². The molecule has 9 heteroatoms. The van der Waals surface area contributed by atoms with Gasteiger partial charge in [0.1, 0.15) is 11.5 Å². The summed E-state index contributed by atoms with van der Waals surface area (Å²) in [6.45, 7) is 2.77. The number of sulfonamides is 1. The average molecular weight is 412 g/mol. The molecule has 0 saturated carbocycles. The second-order valence-corrected chi connectivity index (χ2v) is 8.79. The zero-order valence-electron chi connectivity index (χ0n) is 15.9. The number of ketones is 1. The number of nitrogens with zero attached hydrogens (tertiary/aromatic N) is 4. The van der Waals surface area contributed by atoms with E-state index >= 15 is 0 Å². The maximum atomic E-state index is 13.0. The highest BCUT2D eigenvalue weighted by Gasteiger charge is 2.29. The van der Waals surface area contributed by atoms with Gasteiger partial charge in [0.15, 0.2) is 5.78 Å². The second kappa shape index (κ2) is 7.41. The highest BCUT2D eigenvalue weighted by molar-refractivity contribution is 7.89. The van der Waals surface area contributed by atoms with Crippen LogP contribution in [0.15, 0.2) is 64.4 Å². The van der Waals surface area contributed by atoms with Crippen LogP contribution in [0, 0.1) is 0 Å². The first-order valence-electron chi connectivity index (χ1n) is 9.21. The molecule has 8 nitrogen and oxygen atoms in total. The molecule has 150 valence electrons. The van der Waals surface area contributed by atoms with Gasteiger partial charge in [-0.2, -0.15) is 4.31 Å². The molecule has 0 amide bonds. The number of carbonyl (C=O) groups excluding carboxylic acids is 1. The van der Waals surface area contributed by atoms with E-state index in [4.69, 9.17) is 0 Å². The van der Waals surface area contributed by atoms with Crippen molar-refractivity contribution in [2.75, 3.05) is 31.1 Å². The number of carbonyl (C=O) groups is 1. The van der Waals surface area contributed by atoms with E-state index in [0.717, 1.165) is 0 Å². The molecule has 1 fully saturated rings. The SMILES string of the molecule is CC(=O)c1cccc(S(=O)(=O)N2CCN(c3cc(=O)n4ccccc4n3)CC2)c1. The van der Waals surface area contributed by atoms with Crippen molar-refractivity contribution < 1.29 is 13.2 Å². The predicted octanol–water partition coefficient (Wildman–Crippen LogP) is 1.41. The number of fused-ring (bicyclic) bond motifs is 1. The van der Waals surface area contributed by atoms with Gasteiger partial charge in [0.25, 0.3) is 5.56 Å². The van der Waals surface area contributed by atoms with Gasteiger partial charge in [0.05, 0.1) is 4.90 Å². The van der Waals surface area contributed by atoms with Crippen LogP contribution in [0.25, 0.3) is 5.65 Å². The van der Waals surface area contributed by atoms with E-state index in [1.807, 2.05) is 11.0 Å². The van der Waals surface area contributed by atoms with Crippen molar-refractivity contribution in [3.05, 3.63) is 70.6 Å². The van der Waals surface area contributed by atoms with Gasteiger partial charge in [-0.25, -0.2) is 13.4 Å². The summed E-state index contributed by atoms with van der Waals surface area (Å²) in [7, 11) is -3.70. The summed E-state index contributed by atoms with van der Waals surface area (Å²) in [6.07, 6.45) is 1.66. The molecular formula is C20H20N4O4S. The van der Waals surface area contributed by atoms with Gasteiger partial charge in [-0.05, 0) is 31.2 Å². The smallest absolute Gasteiger partial charge is 0.259 e. The Bertz CT molecular complexity index is 1240. The fourth-order valence-electron chi connectivity index (χ4n) is 3.39. The summed E-state index contributed by atoms with van der Waals surface area (Å²) in [5.41, 5.74) is 0.735. The molecule has 0 aliphatic carbocycles. The van der Waals surface area contributed by atoms with Crippen molar-refractivity contribution in [2.24, 2.45) is 0 Å². The minimum absolute atomic E-state index is 0.112. The summed E-state index contributed by atoms with van der Waals surface area (Å²) < 4.78 is 28.8. The molecule has 1 aliphatic heterocycles. The number of benzene rings is 1. The maximum Gasteiger partial charge on any atom is 0.259 e. The summed E-state index contributed by atoms with van der Waals surface area (Å²) >= 11 is 0. The van der Waals surface area contributed by atoms with E-state index in [0.29, 0.717) is 30.1 Å². The Morgan fingerprint density at radius 3 is 2.48 bits per heavy atom. The average Bonchev–Trinajstić information content (AvgIpc) is 2.74. The molecule has 4 rings (SSSR count). The molecule has 0 N–H and O–H groups in total. The first-order chi connectivity index (χ1) is 13.9. The molecule has 1 aromatic carbocycles. The van der Waals surface area contributed by atoms with Crippen molar-refractivity contribution in [3.63, 3.8) is 0 Å². The third-order valence-electron chi connectivity index (χ3n) is 5.00. The minimum atomic E-state index is -3.70. The van der Waals surface area contributed by atoms with E-state index in [1.165, 1.54) is 33.8 Å². The van der Waals surface area contributed by atoms with Gasteiger partial charge < -0.3 is 4.90 Å². The van der Waals surface area contributed by atoms with Crippen molar-refractivity contribution in [2.45, 2.75) is 11.8 Å². The van der Waals surface area contributed by atoms with Gasteiger partial charge in [0.2, 0.25) is 10.0 Å². The van der Waals surface area contributed by atoms with Gasteiger partial charge in [-0.1, -0.05) is 18.2 Å². The van der Waals surface area contributed by atoms with E-state index in [-0.39, 0.29) is 29.3 Å². The van der Waals surface area contributed by atoms with Crippen LogP contribution in [0.5, 0.6) is 0 Å². The number of rotatable bonds is 4. The Hall–Kier alpha value is -3.04. The first-order valence-corrected chi connectivity index (χ1v) is 10.6. The van der Waals surface area contributed by atoms with Crippen LogP contribution < -0.4 is 10.5 Å². The Kier molecular flexibility index (Phi) is 4.93. The number of hydrogen-bond acceptors (Lipinski definition) is 6. The minimum Gasteiger partial charge on any atom is -0.354 e. The third-order valence-corrected chi connectivity index (χ3v) is 6.89. The molecule has 3 heterocycles. The number of hydrogen-bond donors (Lipinski definition) is 0. The van der Waals surface area contributed by atoms with Crippen LogP contribution in [0.3, 0.4) is 0 Å². The highest BCUT2D eigenvalue weighted by atomic mass is 32.2. The quantitative estimate of drug-likeness (QED) is 0.602. The lowest BCUT2D eigenvalue weighted by Crippen LogP contribution is -2.49. The predicted molar refractivity (Wildman–Crippen MR) is 109 cm³/mol. The summed E-state index contributed by atoms with van der Waals surface area (Å²) in [4.78, 5) is 30.4. The molecule has 2 aromatic heterocycles. The second-order valence-electron chi connectivity index (χ2n) is 6.86. The molecule has 1 saturated heterocycles. The monoisotopic (exact) mass is 412 g/mol. The molecule has 0 atom stereocenters. The number of Topliss-reactive ketones (excluding diaryl/α,β-unsaturated/α-hetero) is 1. The summed E-state index contributed by atoms with van der Waals surface area (Å²) in [6, 6.07) is 12.9. The van der Waals surface area contributed by atoms with Crippen molar-refractivity contribution in [3.8, 4) is 0 Å². The van der Waals surface area contributed by atoms with Gasteiger partial charge in [-0.3, -0.25) is 14.0 Å². The molecule has 29 heavy (non-hydrogen) atoms. The first kappa shape index (κ1) is 19.3. The molecule has 3 aromatic rings. The summed E-state index contributed by atoms with van der Waals surface area (Å²) in [5.74, 6) is 0.359. The van der Waals surface area contributed by atoms with Crippen molar-refractivity contribution in [1.29, 1.82) is 0 Å². The van der Waals surface area contributed by atoms with Crippen LogP contribution in [-0.2, 0) is 10.0 Å². The van der Waals surface area contributed by atoms with E-state index in [1.54, 1.807) is 30.5 Å². The lowest BCUT2D eigenvalue weighted by molar-refractivity contribution is 0.101. The molecule has 0 radical (unpaired) electrons. The molecule has 0 unspecified atom stereocenters. The van der Waals surface area contributed by atoms with E-state index in [2.05, 4.69) is 4.98 Å². The van der Waals surface area contributed by atoms with E-state index < -0.39 is 10.0 Å². The lowest BCUT2D eigenvalue weighted by atomic mass is 10.2. The number of aromatic nitrogens is 2. The van der Waals surface area contributed by atoms with Crippen LogP contribution in [0.2, 0.25) is 0 Å².